The third-order valence-corrected chi connectivity index (χ3v) is 4.71. The summed E-state index contributed by atoms with van der Waals surface area (Å²) in [5.74, 6) is -1.50. The van der Waals surface area contributed by atoms with Crippen LogP contribution in [0.1, 0.15) is 24.0 Å². The van der Waals surface area contributed by atoms with E-state index < -0.39 is 29.9 Å². The van der Waals surface area contributed by atoms with Gasteiger partial charge < -0.3 is 26.2 Å². The SMILES string of the molecule is O=C(O)N[C@@H](Cc1cc(F)cc(F)c1)[C@H](O)CNCc1cccc(NC2CC2)c1. The van der Waals surface area contributed by atoms with Crippen LogP contribution < -0.4 is 16.0 Å². The van der Waals surface area contributed by atoms with Gasteiger partial charge in [-0.25, -0.2) is 13.6 Å². The van der Waals surface area contributed by atoms with Gasteiger partial charge in [-0.1, -0.05) is 12.1 Å². The van der Waals surface area contributed by atoms with E-state index in [0.29, 0.717) is 12.6 Å². The van der Waals surface area contributed by atoms with E-state index in [-0.39, 0.29) is 18.5 Å². The van der Waals surface area contributed by atoms with Gasteiger partial charge in [-0.2, -0.15) is 0 Å². The zero-order valence-corrected chi connectivity index (χ0v) is 15.9. The van der Waals surface area contributed by atoms with Crippen molar-refractivity contribution in [3.63, 3.8) is 0 Å². The quantitative estimate of drug-likeness (QED) is 0.419. The average molecular weight is 405 g/mol. The van der Waals surface area contributed by atoms with Crippen molar-refractivity contribution < 1.29 is 23.8 Å². The Bertz CT molecular complexity index is 825. The minimum absolute atomic E-state index is 0.0371. The molecule has 2 atom stereocenters. The molecule has 1 fully saturated rings. The van der Waals surface area contributed by atoms with Crippen molar-refractivity contribution in [2.75, 3.05) is 11.9 Å². The van der Waals surface area contributed by atoms with Crippen molar-refractivity contribution >= 4 is 11.8 Å². The molecule has 0 aliphatic heterocycles. The molecule has 1 aliphatic carbocycles. The van der Waals surface area contributed by atoms with E-state index in [1.807, 2.05) is 24.3 Å². The Hall–Kier alpha value is -2.71. The highest BCUT2D eigenvalue weighted by molar-refractivity contribution is 5.65. The maximum atomic E-state index is 13.4. The molecule has 2 aromatic rings. The number of carbonyl (C=O) groups is 1. The fourth-order valence-corrected chi connectivity index (χ4v) is 3.17. The highest BCUT2D eigenvalue weighted by Gasteiger charge is 2.22. The summed E-state index contributed by atoms with van der Waals surface area (Å²) in [6.45, 7) is 0.606. The van der Waals surface area contributed by atoms with Crippen molar-refractivity contribution in [1.29, 1.82) is 0 Å². The van der Waals surface area contributed by atoms with Gasteiger partial charge in [-0.15, -0.1) is 0 Å². The van der Waals surface area contributed by atoms with E-state index in [4.69, 9.17) is 5.11 Å². The Kier molecular flexibility index (Phi) is 7.00. The van der Waals surface area contributed by atoms with E-state index in [9.17, 15) is 18.7 Å². The lowest BCUT2D eigenvalue weighted by Gasteiger charge is -2.23. The molecule has 6 nitrogen and oxygen atoms in total. The normalized spacial score (nSPS) is 15.6. The van der Waals surface area contributed by atoms with Crippen molar-refractivity contribution in [2.45, 2.75) is 44.0 Å². The molecule has 0 unspecified atom stereocenters. The second kappa shape index (κ2) is 9.67. The minimum Gasteiger partial charge on any atom is -0.465 e. The largest absolute Gasteiger partial charge is 0.465 e. The smallest absolute Gasteiger partial charge is 0.404 e. The van der Waals surface area contributed by atoms with Crippen LogP contribution in [0, 0.1) is 11.6 Å². The Labute approximate surface area is 167 Å². The number of anilines is 1. The first-order chi connectivity index (χ1) is 13.9. The van der Waals surface area contributed by atoms with Crippen molar-refractivity contribution in [3.05, 3.63) is 65.2 Å². The number of aliphatic hydroxyl groups is 1. The van der Waals surface area contributed by atoms with Crippen LogP contribution >= 0.6 is 0 Å². The van der Waals surface area contributed by atoms with Crippen molar-refractivity contribution in [1.82, 2.24) is 10.6 Å². The zero-order chi connectivity index (χ0) is 20.8. The van der Waals surface area contributed by atoms with Gasteiger partial charge in [0.15, 0.2) is 0 Å². The summed E-state index contributed by atoms with van der Waals surface area (Å²) in [6, 6.07) is 10.6. The molecule has 3 rings (SSSR count). The minimum atomic E-state index is -1.32. The van der Waals surface area contributed by atoms with E-state index in [0.717, 1.165) is 29.4 Å². The van der Waals surface area contributed by atoms with Gasteiger partial charge in [-0.05, 0) is 54.7 Å². The fraction of sp³-hybridized carbons (Fsp3) is 0.381. The summed E-state index contributed by atoms with van der Waals surface area (Å²) in [6.07, 6.45) is -0.0658. The van der Waals surface area contributed by atoms with E-state index in [2.05, 4.69) is 16.0 Å². The van der Waals surface area contributed by atoms with Gasteiger partial charge in [0.2, 0.25) is 0 Å². The van der Waals surface area contributed by atoms with Crippen LogP contribution in [-0.2, 0) is 13.0 Å². The van der Waals surface area contributed by atoms with Gasteiger partial charge in [0.25, 0.3) is 0 Å². The summed E-state index contributed by atoms with van der Waals surface area (Å²) in [4.78, 5) is 11.1. The van der Waals surface area contributed by atoms with Crippen LogP contribution in [0.15, 0.2) is 42.5 Å². The Morgan fingerprint density at radius 3 is 2.48 bits per heavy atom. The average Bonchev–Trinajstić information content (AvgIpc) is 3.44. The molecule has 0 bridgehead atoms. The summed E-state index contributed by atoms with van der Waals surface area (Å²) in [5, 5.41) is 28.2. The molecular formula is C21H25F2N3O3. The zero-order valence-electron chi connectivity index (χ0n) is 15.9. The third-order valence-electron chi connectivity index (χ3n) is 4.71. The third kappa shape index (κ3) is 6.99. The highest BCUT2D eigenvalue weighted by atomic mass is 19.1. The number of amides is 1. The molecule has 5 N–H and O–H groups in total. The van der Waals surface area contributed by atoms with Crippen LogP contribution in [0.5, 0.6) is 0 Å². The van der Waals surface area contributed by atoms with Gasteiger partial charge in [0.05, 0.1) is 12.1 Å². The number of aliphatic hydroxyl groups excluding tert-OH is 1. The van der Waals surface area contributed by atoms with E-state index >= 15 is 0 Å². The maximum Gasteiger partial charge on any atom is 0.404 e. The summed E-state index contributed by atoms with van der Waals surface area (Å²) >= 11 is 0. The number of carboxylic acid groups (broad SMARTS) is 1. The molecular weight excluding hydrogens is 380 g/mol. The Morgan fingerprint density at radius 1 is 1.10 bits per heavy atom. The second-order valence-electron chi connectivity index (χ2n) is 7.36. The van der Waals surface area contributed by atoms with Crippen LogP contribution in [0.4, 0.5) is 19.3 Å². The van der Waals surface area contributed by atoms with Crippen LogP contribution in [0.2, 0.25) is 0 Å². The molecule has 0 spiro atoms. The summed E-state index contributed by atoms with van der Waals surface area (Å²) in [7, 11) is 0. The van der Waals surface area contributed by atoms with E-state index in [1.165, 1.54) is 12.8 Å². The van der Waals surface area contributed by atoms with E-state index in [1.54, 1.807) is 0 Å². The molecule has 2 aromatic carbocycles. The van der Waals surface area contributed by atoms with Gasteiger partial charge >= 0.3 is 6.09 Å². The monoisotopic (exact) mass is 405 g/mol. The molecule has 0 radical (unpaired) electrons. The number of benzene rings is 2. The Morgan fingerprint density at radius 2 is 1.83 bits per heavy atom. The summed E-state index contributed by atoms with van der Waals surface area (Å²) in [5.41, 5.74) is 2.34. The van der Waals surface area contributed by atoms with Crippen molar-refractivity contribution in [2.24, 2.45) is 0 Å². The second-order valence-corrected chi connectivity index (χ2v) is 7.36. The van der Waals surface area contributed by atoms with Gasteiger partial charge in [0, 0.05) is 30.9 Å². The lowest BCUT2D eigenvalue weighted by atomic mass is 10.0. The first-order valence-corrected chi connectivity index (χ1v) is 9.58. The first-order valence-electron chi connectivity index (χ1n) is 9.58. The molecule has 1 aliphatic rings. The number of rotatable bonds is 10. The maximum absolute atomic E-state index is 13.4. The number of halogens is 2. The van der Waals surface area contributed by atoms with Crippen LogP contribution in [0.25, 0.3) is 0 Å². The lowest BCUT2D eigenvalue weighted by molar-refractivity contribution is 0.117. The predicted octanol–water partition coefficient (Wildman–Crippen LogP) is 2.87. The molecule has 8 heteroatoms. The van der Waals surface area contributed by atoms with Crippen LogP contribution in [0.3, 0.4) is 0 Å². The first kappa shape index (κ1) is 21.0. The molecule has 29 heavy (non-hydrogen) atoms. The topological polar surface area (TPSA) is 93.6 Å². The molecule has 1 saturated carbocycles. The number of nitrogens with one attached hydrogen (secondary N) is 3. The fourth-order valence-electron chi connectivity index (χ4n) is 3.17. The molecule has 0 saturated heterocycles. The lowest BCUT2D eigenvalue weighted by Crippen LogP contribution is -2.48. The van der Waals surface area contributed by atoms with Gasteiger partial charge in [-0.3, -0.25) is 0 Å². The standard InChI is InChI=1S/C21H25F2N3O3/c22-15-6-14(7-16(23)10-15)9-19(26-21(28)29)20(27)12-24-11-13-2-1-3-18(8-13)25-17-4-5-17/h1-3,6-8,10,17,19-20,24-27H,4-5,9,11-12H2,(H,28,29)/t19-,20+/m0/s1. The molecule has 0 heterocycles. The van der Waals surface area contributed by atoms with Gasteiger partial charge in [0.1, 0.15) is 11.6 Å². The number of hydrogen-bond donors (Lipinski definition) is 5. The number of hydrogen-bond acceptors (Lipinski definition) is 4. The molecule has 1 amide bonds. The van der Waals surface area contributed by atoms with Crippen molar-refractivity contribution in [3.8, 4) is 0 Å². The summed E-state index contributed by atoms with van der Waals surface area (Å²) < 4.78 is 26.8. The highest BCUT2D eigenvalue weighted by Crippen LogP contribution is 2.25. The Balaban J connectivity index is 1.55. The molecule has 0 aromatic heterocycles. The molecule has 156 valence electrons. The van der Waals surface area contributed by atoms with Crippen LogP contribution in [-0.4, -0.2) is 41.0 Å². The predicted molar refractivity (Wildman–Crippen MR) is 106 cm³/mol.